The second-order valence-electron chi connectivity index (χ2n) is 5.73. The lowest BCUT2D eigenvalue weighted by molar-refractivity contribution is 0.311. The van der Waals surface area contributed by atoms with Crippen LogP contribution in [0.4, 0.5) is 0 Å². The third-order valence-electron chi connectivity index (χ3n) is 4.26. The van der Waals surface area contributed by atoms with E-state index < -0.39 is 0 Å². The fourth-order valence-corrected chi connectivity index (χ4v) is 3.50. The van der Waals surface area contributed by atoms with Crippen molar-refractivity contribution in [2.24, 2.45) is 0 Å². The van der Waals surface area contributed by atoms with Crippen molar-refractivity contribution in [3.05, 3.63) is 28.2 Å². The highest BCUT2D eigenvalue weighted by atomic mass is 79.9. The summed E-state index contributed by atoms with van der Waals surface area (Å²) in [4.78, 5) is 2.56. The largest absolute Gasteiger partial charge is 0.493 e. The Balaban J connectivity index is 1.60. The van der Waals surface area contributed by atoms with Gasteiger partial charge in [-0.05, 0) is 50.9 Å². The Morgan fingerprint density at radius 1 is 1.25 bits per heavy atom. The van der Waals surface area contributed by atoms with Gasteiger partial charge >= 0.3 is 0 Å². The molecule has 0 amide bonds. The van der Waals surface area contributed by atoms with E-state index in [0.29, 0.717) is 6.04 Å². The zero-order valence-corrected chi connectivity index (χ0v) is 13.5. The van der Waals surface area contributed by atoms with Crippen LogP contribution in [0.1, 0.15) is 37.3 Å². The first-order chi connectivity index (χ1) is 9.83. The number of likely N-dealkylation sites (tertiary alicyclic amines) is 1. The van der Waals surface area contributed by atoms with Crippen molar-refractivity contribution in [1.29, 1.82) is 0 Å². The van der Waals surface area contributed by atoms with Crippen LogP contribution in [0.3, 0.4) is 0 Å². The lowest BCUT2D eigenvalue weighted by Crippen LogP contribution is -2.32. The van der Waals surface area contributed by atoms with Crippen molar-refractivity contribution in [3.63, 3.8) is 0 Å². The molecule has 1 aromatic carbocycles. The fraction of sp³-hybridized carbons (Fsp3) is 0.625. The van der Waals surface area contributed by atoms with E-state index in [1.807, 2.05) is 0 Å². The molecule has 0 saturated carbocycles. The zero-order valence-electron chi connectivity index (χ0n) is 11.9. The third kappa shape index (κ3) is 3.54. The molecule has 3 rings (SSSR count). The standard InChI is InChI=1S/C16H23BrN2O/c17-13-5-6-14-15(4-3-11-20-16(14)12-13)18-7-10-19-8-1-2-9-19/h5-6,12,15,18H,1-4,7-11H2. The molecule has 4 heteroatoms. The zero-order chi connectivity index (χ0) is 13.8. The summed E-state index contributed by atoms with van der Waals surface area (Å²) in [6.45, 7) is 5.62. The first-order valence-corrected chi connectivity index (χ1v) is 8.50. The van der Waals surface area contributed by atoms with Crippen molar-refractivity contribution >= 4 is 15.9 Å². The molecule has 1 fully saturated rings. The van der Waals surface area contributed by atoms with E-state index >= 15 is 0 Å². The van der Waals surface area contributed by atoms with Gasteiger partial charge in [-0.15, -0.1) is 0 Å². The second kappa shape index (κ2) is 6.92. The van der Waals surface area contributed by atoms with Crippen molar-refractivity contribution < 1.29 is 4.74 Å². The molecule has 1 N–H and O–H groups in total. The van der Waals surface area contributed by atoms with Crippen molar-refractivity contribution in [2.45, 2.75) is 31.7 Å². The van der Waals surface area contributed by atoms with E-state index in [-0.39, 0.29) is 0 Å². The van der Waals surface area contributed by atoms with Gasteiger partial charge in [0.15, 0.2) is 0 Å². The van der Waals surface area contributed by atoms with Crippen LogP contribution in [-0.2, 0) is 0 Å². The lowest BCUT2D eigenvalue weighted by Gasteiger charge is -2.21. The van der Waals surface area contributed by atoms with Gasteiger partial charge in [0.1, 0.15) is 5.75 Å². The second-order valence-corrected chi connectivity index (χ2v) is 6.64. The topological polar surface area (TPSA) is 24.5 Å². The van der Waals surface area contributed by atoms with Crippen LogP contribution in [0.2, 0.25) is 0 Å². The van der Waals surface area contributed by atoms with Gasteiger partial charge in [0, 0.05) is 29.2 Å². The molecule has 1 saturated heterocycles. The number of nitrogens with one attached hydrogen (secondary N) is 1. The minimum absolute atomic E-state index is 0.434. The Morgan fingerprint density at radius 3 is 2.95 bits per heavy atom. The SMILES string of the molecule is Brc1ccc2c(c1)OCCCC2NCCN1CCCC1. The molecule has 20 heavy (non-hydrogen) atoms. The maximum atomic E-state index is 5.86. The lowest BCUT2D eigenvalue weighted by atomic mass is 10.0. The predicted molar refractivity (Wildman–Crippen MR) is 85.3 cm³/mol. The first kappa shape index (κ1) is 14.4. The van der Waals surface area contributed by atoms with Crippen molar-refractivity contribution in [3.8, 4) is 5.75 Å². The molecule has 1 aromatic rings. The first-order valence-electron chi connectivity index (χ1n) is 7.71. The van der Waals surface area contributed by atoms with Gasteiger partial charge in [0.2, 0.25) is 0 Å². The molecular weight excluding hydrogens is 316 g/mol. The Hall–Kier alpha value is -0.580. The van der Waals surface area contributed by atoms with E-state index in [2.05, 4.69) is 44.3 Å². The highest BCUT2D eigenvalue weighted by molar-refractivity contribution is 9.10. The Bertz CT molecular complexity index is 446. The molecule has 110 valence electrons. The van der Waals surface area contributed by atoms with Gasteiger partial charge in [-0.25, -0.2) is 0 Å². The average Bonchev–Trinajstić information content (AvgIpc) is 2.87. The van der Waals surface area contributed by atoms with Crippen LogP contribution >= 0.6 is 15.9 Å². The predicted octanol–water partition coefficient (Wildman–Crippen LogP) is 3.35. The van der Waals surface area contributed by atoms with Crippen LogP contribution < -0.4 is 10.1 Å². The summed E-state index contributed by atoms with van der Waals surface area (Å²) < 4.78 is 6.95. The minimum atomic E-state index is 0.434. The van der Waals surface area contributed by atoms with Crippen LogP contribution in [-0.4, -0.2) is 37.7 Å². The van der Waals surface area contributed by atoms with E-state index in [9.17, 15) is 0 Å². The smallest absolute Gasteiger partial charge is 0.125 e. The summed E-state index contributed by atoms with van der Waals surface area (Å²) in [5.74, 6) is 1.04. The molecule has 1 unspecified atom stereocenters. The monoisotopic (exact) mass is 338 g/mol. The number of hydrogen-bond donors (Lipinski definition) is 1. The Morgan fingerprint density at radius 2 is 2.10 bits per heavy atom. The number of halogens is 1. The highest BCUT2D eigenvalue weighted by Crippen LogP contribution is 2.33. The van der Waals surface area contributed by atoms with Crippen LogP contribution in [0, 0.1) is 0 Å². The van der Waals surface area contributed by atoms with Crippen molar-refractivity contribution in [1.82, 2.24) is 10.2 Å². The molecule has 0 aliphatic carbocycles. The molecular formula is C16H23BrN2O. The highest BCUT2D eigenvalue weighted by Gasteiger charge is 2.20. The minimum Gasteiger partial charge on any atom is -0.493 e. The number of benzene rings is 1. The van der Waals surface area contributed by atoms with Crippen LogP contribution in [0.25, 0.3) is 0 Å². The molecule has 2 aliphatic rings. The molecule has 0 spiro atoms. The summed E-state index contributed by atoms with van der Waals surface area (Å²) in [6, 6.07) is 6.83. The molecule has 2 heterocycles. The number of hydrogen-bond acceptors (Lipinski definition) is 3. The van der Waals surface area contributed by atoms with Gasteiger partial charge in [-0.3, -0.25) is 0 Å². The normalized spacial score (nSPS) is 23.1. The molecule has 3 nitrogen and oxygen atoms in total. The summed E-state index contributed by atoms with van der Waals surface area (Å²) in [5, 5.41) is 3.73. The summed E-state index contributed by atoms with van der Waals surface area (Å²) in [7, 11) is 0. The van der Waals surface area contributed by atoms with Gasteiger partial charge < -0.3 is 15.0 Å². The summed E-state index contributed by atoms with van der Waals surface area (Å²) >= 11 is 3.53. The molecule has 2 aliphatic heterocycles. The number of fused-ring (bicyclic) bond motifs is 1. The van der Waals surface area contributed by atoms with Gasteiger partial charge in [0.05, 0.1) is 6.61 Å². The van der Waals surface area contributed by atoms with Crippen LogP contribution in [0.5, 0.6) is 5.75 Å². The van der Waals surface area contributed by atoms with E-state index in [1.54, 1.807) is 0 Å². The average molecular weight is 339 g/mol. The summed E-state index contributed by atoms with van der Waals surface area (Å²) in [6.07, 6.45) is 5.02. The molecule has 0 bridgehead atoms. The molecule has 1 atom stereocenters. The van der Waals surface area contributed by atoms with E-state index in [4.69, 9.17) is 4.74 Å². The molecule has 0 radical (unpaired) electrons. The third-order valence-corrected chi connectivity index (χ3v) is 4.76. The van der Waals surface area contributed by atoms with E-state index in [1.165, 1.54) is 38.0 Å². The fourth-order valence-electron chi connectivity index (χ4n) is 3.16. The van der Waals surface area contributed by atoms with Gasteiger partial charge in [-0.1, -0.05) is 22.0 Å². The molecule has 0 aromatic heterocycles. The number of ether oxygens (including phenoxy) is 1. The van der Waals surface area contributed by atoms with Crippen LogP contribution in [0.15, 0.2) is 22.7 Å². The number of nitrogens with zero attached hydrogens (tertiary/aromatic N) is 1. The quantitative estimate of drug-likeness (QED) is 0.911. The Labute approximate surface area is 129 Å². The summed E-state index contributed by atoms with van der Waals surface area (Å²) in [5.41, 5.74) is 1.31. The maximum Gasteiger partial charge on any atom is 0.125 e. The maximum absolute atomic E-state index is 5.86. The van der Waals surface area contributed by atoms with Gasteiger partial charge in [-0.2, -0.15) is 0 Å². The number of rotatable bonds is 4. The van der Waals surface area contributed by atoms with E-state index in [0.717, 1.165) is 36.2 Å². The Kier molecular flexibility index (Phi) is 4.97. The van der Waals surface area contributed by atoms with Gasteiger partial charge in [0.25, 0.3) is 0 Å². The van der Waals surface area contributed by atoms with Crippen molar-refractivity contribution in [2.75, 3.05) is 32.8 Å².